The van der Waals surface area contributed by atoms with E-state index >= 15 is 0 Å². The van der Waals surface area contributed by atoms with Crippen molar-refractivity contribution in [2.24, 2.45) is 0 Å². The van der Waals surface area contributed by atoms with Crippen LogP contribution in [0.2, 0.25) is 0 Å². The Hall–Kier alpha value is -0.480. The van der Waals surface area contributed by atoms with Crippen molar-refractivity contribution in [2.75, 3.05) is 26.2 Å². The van der Waals surface area contributed by atoms with Crippen molar-refractivity contribution in [1.29, 1.82) is 0 Å². The van der Waals surface area contributed by atoms with E-state index in [4.69, 9.17) is 4.42 Å². The van der Waals surface area contributed by atoms with E-state index in [2.05, 4.69) is 29.8 Å². The first-order valence-electron chi connectivity index (χ1n) is 5.88. The molecule has 1 saturated heterocycles. The zero-order valence-corrected chi connectivity index (χ0v) is 12.4. The molecule has 1 aliphatic heterocycles. The molecule has 1 atom stereocenters. The van der Waals surface area contributed by atoms with Gasteiger partial charge in [-0.15, -0.1) is 31.4 Å². The predicted molar refractivity (Wildman–Crippen MR) is 79.8 cm³/mol. The molecule has 1 N–H and O–H groups in total. The molecule has 0 saturated carbocycles. The SMILES string of the molecule is C=C(C)C[C@H](c1ccoc1)N1CCNCC1.Cl.Cl. The van der Waals surface area contributed by atoms with E-state index in [0.717, 1.165) is 32.6 Å². The van der Waals surface area contributed by atoms with Crippen LogP contribution < -0.4 is 5.32 Å². The zero-order chi connectivity index (χ0) is 11.4. The monoisotopic (exact) mass is 292 g/mol. The summed E-state index contributed by atoms with van der Waals surface area (Å²) < 4.78 is 5.20. The van der Waals surface area contributed by atoms with Gasteiger partial charge < -0.3 is 9.73 Å². The van der Waals surface area contributed by atoms with Gasteiger partial charge >= 0.3 is 0 Å². The number of furan rings is 1. The lowest BCUT2D eigenvalue weighted by molar-refractivity contribution is 0.172. The third kappa shape index (κ3) is 4.65. The number of hydrogen-bond acceptors (Lipinski definition) is 3. The van der Waals surface area contributed by atoms with E-state index in [1.807, 2.05) is 6.26 Å². The molecule has 2 rings (SSSR count). The number of hydrogen-bond donors (Lipinski definition) is 1. The minimum Gasteiger partial charge on any atom is -0.472 e. The van der Waals surface area contributed by atoms with Gasteiger partial charge in [-0.2, -0.15) is 0 Å². The summed E-state index contributed by atoms with van der Waals surface area (Å²) in [7, 11) is 0. The van der Waals surface area contributed by atoms with E-state index in [9.17, 15) is 0 Å². The quantitative estimate of drug-likeness (QED) is 0.865. The van der Waals surface area contributed by atoms with Gasteiger partial charge in [0.15, 0.2) is 0 Å². The molecule has 0 spiro atoms. The lowest BCUT2D eigenvalue weighted by Gasteiger charge is -2.34. The molecule has 0 aromatic carbocycles. The van der Waals surface area contributed by atoms with Gasteiger partial charge in [0.25, 0.3) is 0 Å². The van der Waals surface area contributed by atoms with Gasteiger partial charge in [0.2, 0.25) is 0 Å². The molecule has 1 aliphatic rings. The van der Waals surface area contributed by atoms with Crippen molar-refractivity contribution < 1.29 is 4.42 Å². The Morgan fingerprint density at radius 3 is 2.61 bits per heavy atom. The van der Waals surface area contributed by atoms with Crippen LogP contribution in [0.3, 0.4) is 0 Å². The van der Waals surface area contributed by atoms with Crippen molar-refractivity contribution in [2.45, 2.75) is 19.4 Å². The Balaban J connectivity index is 0.00000144. The standard InChI is InChI=1S/C13H20N2O.2ClH/c1-11(2)9-13(12-3-8-16-10-12)15-6-4-14-5-7-15;;/h3,8,10,13-14H,1,4-7,9H2,2H3;2*1H/t13-;;/m1../s1. The average molecular weight is 293 g/mol. The molecular weight excluding hydrogens is 271 g/mol. The maximum Gasteiger partial charge on any atom is 0.0950 e. The van der Waals surface area contributed by atoms with Gasteiger partial charge in [0, 0.05) is 37.8 Å². The van der Waals surface area contributed by atoms with Crippen LogP contribution in [0.4, 0.5) is 0 Å². The number of rotatable bonds is 4. The molecule has 0 radical (unpaired) electrons. The second kappa shape index (κ2) is 8.59. The molecule has 0 bridgehead atoms. The Labute approximate surface area is 121 Å². The predicted octanol–water partition coefficient (Wildman–Crippen LogP) is 3.04. The second-order valence-electron chi connectivity index (χ2n) is 4.52. The number of nitrogens with zero attached hydrogens (tertiary/aromatic N) is 1. The zero-order valence-electron chi connectivity index (χ0n) is 10.7. The third-order valence-electron chi connectivity index (χ3n) is 3.06. The molecule has 18 heavy (non-hydrogen) atoms. The average Bonchev–Trinajstić information content (AvgIpc) is 2.80. The fourth-order valence-corrected chi connectivity index (χ4v) is 2.25. The van der Waals surface area contributed by atoms with Crippen LogP contribution >= 0.6 is 24.8 Å². The molecule has 1 aromatic heterocycles. The number of piperazine rings is 1. The van der Waals surface area contributed by atoms with E-state index in [-0.39, 0.29) is 24.8 Å². The second-order valence-corrected chi connectivity index (χ2v) is 4.52. The van der Waals surface area contributed by atoms with Crippen molar-refractivity contribution >= 4 is 24.8 Å². The lowest BCUT2D eigenvalue weighted by Crippen LogP contribution is -2.45. The van der Waals surface area contributed by atoms with Crippen LogP contribution in [0.5, 0.6) is 0 Å². The molecule has 0 unspecified atom stereocenters. The van der Waals surface area contributed by atoms with Gasteiger partial charge in [-0.25, -0.2) is 0 Å². The largest absolute Gasteiger partial charge is 0.472 e. The highest BCUT2D eigenvalue weighted by molar-refractivity contribution is 5.85. The summed E-state index contributed by atoms with van der Waals surface area (Å²) in [5, 5.41) is 3.38. The molecule has 1 aromatic rings. The topological polar surface area (TPSA) is 28.4 Å². The highest BCUT2D eigenvalue weighted by Crippen LogP contribution is 2.27. The molecule has 0 amide bonds. The summed E-state index contributed by atoms with van der Waals surface area (Å²) in [5.41, 5.74) is 2.50. The first-order chi connectivity index (χ1) is 7.77. The van der Waals surface area contributed by atoms with Crippen LogP contribution in [0.1, 0.15) is 24.9 Å². The fourth-order valence-electron chi connectivity index (χ4n) is 2.25. The van der Waals surface area contributed by atoms with Gasteiger partial charge in [0.05, 0.1) is 12.5 Å². The maximum absolute atomic E-state index is 5.20. The first kappa shape index (κ1) is 17.5. The van der Waals surface area contributed by atoms with Crippen LogP contribution in [0.25, 0.3) is 0 Å². The summed E-state index contributed by atoms with van der Waals surface area (Å²) in [5.74, 6) is 0. The lowest BCUT2D eigenvalue weighted by atomic mass is 10.0. The van der Waals surface area contributed by atoms with Gasteiger partial charge in [-0.1, -0.05) is 5.57 Å². The van der Waals surface area contributed by atoms with Crippen molar-refractivity contribution in [1.82, 2.24) is 10.2 Å². The van der Waals surface area contributed by atoms with Crippen LogP contribution in [-0.4, -0.2) is 31.1 Å². The molecule has 5 heteroatoms. The van der Waals surface area contributed by atoms with Gasteiger partial charge in [-0.05, 0) is 19.4 Å². The first-order valence-corrected chi connectivity index (χ1v) is 5.88. The number of nitrogens with one attached hydrogen (secondary N) is 1. The molecule has 3 nitrogen and oxygen atoms in total. The van der Waals surface area contributed by atoms with Crippen molar-refractivity contribution in [3.63, 3.8) is 0 Å². The van der Waals surface area contributed by atoms with Gasteiger partial charge in [-0.3, -0.25) is 4.90 Å². The van der Waals surface area contributed by atoms with Crippen LogP contribution in [0, 0.1) is 0 Å². The Morgan fingerprint density at radius 2 is 2.11 bits per heavy atom. The summed E-state index contributed by atoms with van der Waals surface area (Å²) in [6.07, 6.45) is 4.62. The minimum absolute atomic E-state index is 0. The van der Waals surface area contributed by atoms with Crippen molar-refractivity contribution in [3.8, 4) is 0 Å². The highest BCUT2D eigenvalue weighted by atomic mass is 35.5. The van der Waals surface area contributed by atoms with Gasteiger partial charge in [0.1, 0.15) is 0 Å². The molecule has 1 fully saturated rings. The van der Waals surface area contributed by atoms with Crippen LogP contribution in [0.15, 0.2) is 35.2 Å². The van der Waals surface area contributed by atoms with Crippen LogP contribution in [-0.2, 0) is 0 Å². The minimum atomic E-state index is 0. The normalized spacial score (nSPS) is 17.4. The highest BCUT2D eigenvalue weighted by Gasteiger charge is 2.22. The Kier molecular flexibility index (Phi) is 8.36. The van der Waals surface area contributed by atoms with Crippen molar-refractivity contribution in [3.05, 3.63) is 36.3 Å². The summed E-state index contributed by atoms with van der Waals surface area (Å²) in [6.45, 7) is 10.5. The summed E-state index contributed by atoms with van der Waals surface area (Å²) in [6, 6.07) is 2.49. The summed E-state index contributed by atoms with van der Waals surface area (Å²) >= 11 is 0. The maximum atomic E-state index is 5.20. The molecule has 2 heterocycles. The fraction of sp³-hybridized carbons (Fsp3) is 0.538. The Morgan fingerprint density at radius 1 is 1.44 bits per heavy atom. The third-order valence-corrected chi connectivity index (χ3v) is 3.06. The van der Waals surface area contributed by atoms with E-state index in [1.165, 1.54) is 11.1 Å². The summed E-state index contributed by atoms with van der Waals surface area (Å²) in [4.78, 5) is 2.51. The smallest absolute Gasteiger partial charge is 0.0950 e. The van der Waals surface area contributed by atoms with E-state index in [1.54, 1.807) is 6.26 Å². The molecular formula is C13H22Cl2N2O. The molecule has 104 valence electrons. The van der Waals surface area contributed by atoms with E-state index < -0.39 is 0 Å². The van der Waals surface area contributed by atoms with E-state index in [0.29, 0.717) is 6.04 Å². The Bertz CT molecular complexity index is 335. The number of halogens is 2. The molecule has 0 aliphatic carbocycles.